The molecular weight excluding hydrogens is 410 g/mol. The number of carbonyl (C=O) groups excluding carboxylic acids is 1. The first-order valence-electron chi connectivity index (χ1n) is 12.6. The predicted octanol–water partition coefficient (Wildman–Crippen LogP) is 6.78. The van der Waals surface area contributed by atoms with Crippen LogP contribution in [0, 0.1) is 11.3 Å². The maximum atomic E-state index is 13.1. The highest BCUT2D eigenvalue weighted by Crippen LogP contribution is 2.47. The van der Waals surface area contributed by atoms with Crippen LogP contribution in [0.1, 0.15) is 90.2 Å². The molecule has 4 atom stereocenters. The van der Waals surface area contributed by atoms with Crippen LogP contribution in [0.25, 0.3) is 0 Å². The third kappa shape index (κ3) is 6.29. The third-order valence-electron chi connectivity index (χ3n) is 7.55. The number of carbonyl (C=O) groups is 1. The van der Waals surface area contributed by atoms with Crippen LogP contribution in [-0.2, 0) is 11.2 Å². The smallest absolute Gasteiger partial charge is 0.311 e. The molecule has 182 valence electrons. The Morgan fingerprint density at radius 3 is 2.61 bits per heavy atom. The van der Waals surface area contributed by atoms with Gasteiger partial charge in [-0.2, -0.15) is 0 Å². The number of hydrogen-bond donors (Lipinski definition) is 1. The second kappa shape index (κ2) is 10.5. The van der Waals surface area contributed by atoms with Gasteiger partial charge in [0.15, 0.2) is 0 Å². The third-order valence-corrected chi connectivity index (χ3v) is 7.55. The van der Waals surface area contributed by atoms with E-state index in [0.29, 0.717) is 18.2 Å². The lowest BCUT2D eigenvalue weighted by Crippen LogP contribution is -2.28. The number of phenols is 1. The lowest BCUT2D eigenvalue weighted by molar-refractivity contribution is -0.136. The Hall–Kier alpha value is -2.07. The molecule has 2 aliphatic rings. The highest BCUT2D eigenvalue weighted by atomic mass is 16.5. The number of esters is 1. The second-order valence-corrected chi connectivity index (χ2v) is 11.1. The number of likely N-dealkylation sites (N-methyl/N-ethyl adjacent to an activating group) is 1. The quantitative estimate of drug-likeness (QED) is 0.139. The largest absolute Gasteiger partial charge is 0.507 e. The van der Waals surface area contributed by atoms with E-state index < -0.39 is 0 Å². The number of benzene rings is 1. The van der Waals surface area contributed by atoms with E-state index >= 15 is 0 Å². The summed E-state index contributed by atoms with van der Waals surface area (Å²) in [5.41, 5.74) is 4.02. The number of aromatic hydroxyl groups is 1. The minimum atomic E-state index is -0.227. The van der Waals surface area contributed by atoms with Gasteiger partial charge in [0.1, 0.15) is 11.5 Å². The van der Waals surface area contributed by atoms with Crippen molar-refractivity contribution in [2.75, 3.05) is 13.6 Å². The van der Waals surface area contributed by atoms with E-state index in [4.69, 9.17) is 4.74 Å². The molecule has 4 unspecified atom stereocenters. The average molecular weight is 454 g/mol. The Morgan fingerprint density at radius 2 is 2.00 bits per heavy atom. The first kappa shape index (κ1) is 25.6. The molecule has 1 aromatic rings. The highest BCUT2D eigenvalue weighted by Gasteiger charge is 2.44. The van der Waals surface area contributed by atoms with E-state index in [1.54, 1.807) is 0 Å². The van der Waals surface area contributed by atoms with Crippen LogP contribution in [-0.4, -0.2) is 35.6 Å². The minimum Gasteiger partial charge on any atom is -0.507 e. The molecule has 0 spiro atoms. The SMILES string of the molecule is C=C(C)C1CCC(C)=CC1c1c(O)cc(CCCCC)cc1OC(=O)CC(C)(C)C1CN1C. The molecule has 0 bridgehead atoms. The molecule has 1 aliphatic carbocycles. The van der Waals surface area contributed by atoms with E-state index in [2.05, 4.69) is 59.2 Å². The molecule has 0 amide bonds. The highest BCUT2D eigenvalue weighted by molar-refractivity contribution is 5.74. The number of nitrogens with zero attached hydrogens (tertiary/aromatic N) is 1. The lowest BCUT2D eigenvalue weighted by Gasteiger charge is -2.32. The molecule has 1 N–H and O–H groups in total. The molecular formula is C29H43NO3. The van der Waals surface area contributed by atoms with Crippen molar-refractivity contribution >= 4 is 5.97 Å². The van der Waals surface area contributed by atoms with Gasteiger partial charge in [0.2, 0.25) is 0 Å². The standard InChI is InChI=1S/C29H43NO3/c1-8-9-10-11-21-15-24(31)28(23-14-20(4)12-13-22(23)19(2)3)25(16-21)33-27(32)17-29(5,6)26-18-30(26)7/h14-16,22-23,26,31H,2,8-13,17-18H2,1,3-7H3. The molecule has 4 heteroatoms. The van der Waals surface area contributed by atoms with Crippen LogP contribution in [0.5, 0.6) is 11.5 Å². The van der Waals surface area contributed by atoms with Crippen molar-refractivity contribution < 1.29 is 14.6 Å². The van der Waals surface area contributed by atoms with Crippen LogP contribution in [0.2, 0.25) is 0 Å². The minimum absolute atomic E-state index is 0.0358. The summed E-state index contributed by atoms with van der Waals surface area (Å²) >= 11 is 0. The first-order valence-corrected chi connectivity index (χ1v) is 12.6. The van der Waals surface area contributed by atoms with Crippen molar-refractivity contribution in [3.05, 3.63) is 47.1 Å². The molecule has 1 aliphatic heterocycles. The van der Waals surface area contributed by atoms with Crippen molar-refractivity contribution in [1.29, 1.82) is 0 Å². The van der Waals surface area contributed by atoms with Gasteiger partial charge in [0.25, 0.3) is 0 Å². The molecule has 33 heavy (non-hydrogen) atoms. The molecule has 0 aromatic heterocycles. The number of phenolic OH excluding ortho intramolecular Hbond substituents is 1. The number of ether oxygens (including phenoxy) is 1. The van der Waals surface area contributed by atoms with E-state index in [9.17, 15) is 9.90 Å². The Bertz CT molecular complexity index is 914. The van der Waals surface area contributed by atoms with Crippen LogP contribution >= 0.6 is 0 Å². The van der Waals surface area contributed by atoms with Gasteiger partial charge >= 0.3 is 5.97 Å². The fourth-order valence-electron chi connectivity index (χ4n) is 5.43. The summed E-state index contributed by atoms with van der Waals surface area (Å²) in [6.07, 6.45) is 8.82. The molecule has 0 saturated carbocycles. The number of unbranched alkanes of at least 4 members (excludes halogenated alkanes) is 2. The van der Waals surface area contributed by atoms with Crippen LogP contribution in [0.3, 0.4) is 0 Å². The molecule has 1 heterocycles. The van der Waals surface area contributed by atoms with Crippen LogP contribution < -0.4 is 4.74 Å². The zero-order chi connectivity index (χ0) is 24.3. The van der Waals surface area contributed by atoms with Gasteiger partial charge in [0, 0.05) is 24.1 Å². The molecule has 1 fully saturated rings. The fraction of sp³-hybridized carbons (Fsp3) is 0.621. The lowest BCUT2D eigenvalue weighted by atomic mass is 9.73. The number of aryl methyl sites for hydroxylation is 1. The van der Waals surface area contributed by atoms with E-state index in [1.807, 2.05) is 12.1 Å². The fourth-order valence-corrected chi connectivity index (χ4v) is 5.43. The van der Waals surface area contributed by atoms with Gasteiger partial charge < -0.3 is 14.7 Å². The molecule has 1 saturated heterocycles. The number of rotatable bonds is 10. The normalized spacial score (nSPS) is 24.8. The summed E-state index contributed by atoms with van der Waals surface area (Å²) in [5, 5.41) is 11.2. The monoisotopic (exact) mass is 453 g/mol. The maximum Gasteiger partial charge on any atom is 0.311 e. The summed E-state index contributed by atoms with van der Waals surface area (Å²) in [6, 6.07) is 4.28. The zero-order valence-corrected chi connectivity index (χ0v) is 21.5. The predicted molar refractivity (Wildman–Crippen MR) is 136 cm³/mol. The number of allylic oxidation sites excluding steroid dienone is 3. The second-order valence-electron chi connectivity index (χ2n) is 11.1. The molecule has 1 aromatic carbocycles. The van der Waals surface area contributed by atoms with Gasteiger partial charge in [-0.1, -0.05) is 57.4 Å². The van der Waals surface area contributed by atoms with Crippen molar-refractivity contribution in [3.8, 4) is 11.5 Å². The summed E-state index contributed by atoms with van der Waals surface area (Å²) in [4.78, 5) is 15.4. The Kier molecular flexibility index (Phi) is 8.10. The topological polar surface area (TPSA) is 49.5 Å². The van der Waals surface area contributed by atoms with Gasteiger partial charge in [-0.3, -0.25) is 4.79 Å². The van der Waals surface area contributed by atoms with Crippen molar-refractivity contribution in [2.45, 2.75) is 91.5 Å². The van der Waals surface area contributed by atoms with Gasteiger partial charge in [-0.15, -0.1) is 0 Å². The van der Waals surface area contributed by atoms with Crippen LogP contribution in [0.15, 0.2) is 35.9 Å². The van der Waals surface area contributed by atoms with E-state index in [-0.39, 0.29) is 29.0 Å². The van der Waals surface area contributed by atoms with E-state index in [0.717, 1.165) is 61.8 Å². The summed E-state index contributed by atoms with van der Waals surface area (Å²) < 4.78 is 6.06. The summed E-state index contributed by atoms with van der Waals surface area (Å²) in [7, 11) is 2.09. The maximum absolute atomic E-state index is 13.1. The van der Waals surface area contributed by atoms with Crippen molar-refractivity contribution in [1.82, 2.24) is 4.90 Å². The molecule has 3 rings (SSSR count). The summed E-state index contributed by atoms with van der Waals surface area (Å²) in [5.74, 6) is 0.713. The zero-order valence-electron chi connectivity index (χ0n) is 21.5. The van der Waals surface area contributed by atoms with Gasteiger partial charge in [-0.05, 0) is 75.6 Å². The van der Waals surface area contributed by atoms with Crippen molar-refractivity contribution in [3.63, 3.8) is 0 Å². The van der Waals surface area contributed by atoms with Crippen LogP contribution in [0.4, 0.5) is 0 Å². The average Bonchev–Trinajstić information content (AvgIpc) is 3.45. The first-order chi connectivity index (χ1) is 15.5. The molecule has 4 nitrogen and oxygen atoms in total. The van der Waals surface area contributed by atoms with Crippen molar-refractivity contribution in [2.24, 2.45) is 11.3 Å². The van der Waals surface area contributed by atoms with Gasteiger partial charge in [-0.25, -0.2) is 0 Å². The molecule has 0 radical (unpaired) electrons. The van der Waals surface area contributed by atoms with E-state index in [1.165, 1.54) is 5.57 Å². The Balaban J connectivity index is 1.95. The Labute approximate surface area is 200 Å². The number of hydrogen-bond acceptors (Lipinski definition) is 4. The summed E-state index contributed by atoms with van der Waals surface area (Å²) in [6.45, 7) is 15.9. The Morgan fingerprint density at radius 1 is 1.30 bits per heavy atom. The van der Waals surface area contributed by atoms with Gasteiger partial charge in [0.05, 0.1) is 6.42 Å².